The normalized spacial score (nSPS) is 12.4. The van der Waals surface area contributed by atoms with Gasteiger partial charge in [0.1, 0.15) is 26.8 Å². The van der Waals surface area contributed by atoms with Gasteiger partial charge in [0.15, 0.2) is 0 Å². The Morgan fingerprint density at radius 1 is 1.26 bits per heavy atom. The van der Waals surface area contributed by atoms with Crippen molar-refractivity contribution in [3.05, 3.63) is 23.8 Å². The molecule has 0 saturated heterocycles. The topological polar surface area (TPSA) is 52.6 Å². The molecule has 0 aliphatic heterocycles. The minimum atomic E-state index is -4.61. The van der Waals surface area contributed by atoms with Crippen LogP contribution in [0.4, 0.5) is 13.2 Å². The Hall–Kier alpha value is -1.22. The Morgan fingerprint density at radius 2 is 1.89 bits per heavy atom. The molecule has 0 bridgehead atoms. The Kier molecular flexibility index (Phi) is 4.86. The van der Waals surface area contributed by atoms with E-state index in [0.717, 1.165) is 18.4 Å². The van der Waals surface area contributed by atoms with Gasteiger partial charge >= 0.3 is 6.18 Å². The molecule has 0 saturated carbocycles. The summed E-state index contributed by atoms with van der Waals surface area (Å²) in [6, 6.07) is 3.06. The van der Waals surface area contributed by atoms with Crippen LogP contribution in [0.3, 0.4) is 0 Å². The summed E-state index contributed by atoms with van der Waals surface area (Å²) in [4.78, 5) is 0. The SMILES string of the molecule is [B]c1ccc(OCCOS(C)(=O)=O)c(C(F)(F)F)c1. The molecule has 0 aromatic heterocycles. The van der Waals surface area contributed by atoms with Crippen molar-refractivity contribution in [1.82, 2.24) is 0 Å². The van der Waals surface area contributed by atoms with Gasteiger partial charge in [-0.05, 0) is 6.07 Å². The molecule has 1 aromatic rings. The summed E-state index contributed by atoms with van der Waals surface area (Å²) >= 11 is 0. The van der Waals surface area contributed by atoms with Crippen molar-refractivity contribution in [2.75, 3.05) is 19.5 Å². The van der Waals surface area contributed by atoms with Gasteiger partial charge in [-0.1, -0.05) is 17.6 Å². The molecular formula is C10H10BF3O4S. The maximum Gasteiger partial charge on any atom is 0.419 e. The second-order valence-electron chi connectivity index (χ2n) is 3.63. The molecule has 4 nitrogen and oxygen atoms in total. The van der Waals surface area contributed by atoms with Gasteiger partial charge in [-0.2, -0.15) is 21.6 Å². The fourth-order valence-electron chi connectivity index (χ4n) is 1.23. The first kappa shape index (κ1) is 15.8. The smallest absolute Gasteiger partial charge is 0.419 e. The molecule has 9 heteroatoms. The van der Waals surface area contributed by atoms with Crippen LogP contribution in [-0.4, -0.2) is 35.7 Å². The van der Waals surface area contributed by atoms with Crippen LogP contribution < -0.4 is 10.2 Å². The van der Waals surface area contributed by atoms with Crippen LogP contribution in [0.15, 0.2) is 18.2 Å². The van der Waals surface area contributed by atoms with E-state index in [2.05, 4.69) is 4.18 Å². The number of halogens is 3. The van der Waals surface area contributed by atoms with Crippen molar-refractivity contribution in [2.45, 2.75) is 6.18 Å². The van der Waals surface area contributed by atoms with E-state index in [4.69, 9.17) is 12.6 Å². The molecule has 0 heterocycles. The van der Waals surface area contributed by atoms with E-state index in [9.17, 15) is 21.6 Å². The molecule has 0 atom stereocenters. The molecule has 104 valence electrons. The second-order valence-corrected chi connectivity index (χ2v) is 5.27. The summed E-state index contributed by atoms with van der Waals surface area (Å²) in [6.07, 6.45) is -3.78. The lowest BCUT2D eigenvalue weighted by atomic mass is 9.94. The highest BCUT2D eigenvalue weighted by Crippen LogP contribution is 2.35. The average molecular weight is 294 g/mol. The molecule has 0 aliphatic carbocycles. The second kappa shape index (κ2) is 5.83. The number of alkyl halides is 3. The van der Waals surface area contributed by atoms with E-state index >= 15 is 0 Å². The monoisotopic (exact) mass is 294 g/mol. The number of rotatable bonds is 5. The van der Waals surface area contributed by atoms with Crippen LogP contribution in [0, 0.1) is 0 Å². The van der Waals surface area contributed by atoms with Gasteiger partial charge in [-0.15, -0.1) is 0 Å². The molecule has 0 N–H and O–H groups in total. The molecule has 0 unspecified atom stereocenters. The summed E-state index contributed by atoms with van der Waals surface area (Å²) in [6.45, 7) is -0.708. The van der Waals surface area contributed by atoms with Gasteiger partial charge in [0.25, 0.3) is 10.1 Å². The minimum Gasteiger partial charge on any atom is -0.491 e. The number of ether oxygens (including phenoxy) is 1. The Balaban J connectivity index is 2.73. The van der Waals surface area contributed by atoms with Crippen molar-refractivity contribution in [3.63, 3.8) is 0 Å². The van der Waals surface area contributed by atoms with Gasteiger partial charge in [0.2, 0.25) is 0 Å². The summed E-state index contributed by atoms with van der Waals surface area (Å²) in [7, 11) is 1.63. The van der Waals surface area contributed by atoms with Gasteiger partial charge < -0.3 is 4.74 Å². The standard InChI is InChI=1S/C10H10BF3O4S/c1-19(15,16)18-5-4-17-9-3-2-7(11)6-8(9)10(12,13)14/h2-3,6H,4-5H2,1H3. The van der Waals surface area contributed by atoms with E-state index in [0.29, 0.717) is 0 Å². The average Bonchev–Trinajstić information content (AvgIpc) is 2.23. The third-order valence-electron chi connectivity index (χ3n) is 1.95. The van der Waals surface area contributed by atoms with Crippen molar-refractivity contribution >= 4 is 23.4 Å². The van der Waals surface area contributed by atoms with Crippen LogP contribution in [-0.2, 0) is 20.5 Å². The molecule has 19 heavy (non-hydrogen) atoms. The molecule has 0 amide bonds. The third-order valence-corrected chi connectivity index (χ3v) is 2.54. The zero-order valence-corrected chi connectivity index (χ0v) is 10.7. The predicted octanol–water partition coefficient (Wildman–Crippen LogP) is 0.854. The van der Waals surface area contributed by atoms with Crippen molar-refractivity contribution < 1.29 is 30.5 Å². The summed E-state index contributed by atoms with van der Waals surface area (Å²) in [5, 5.41) is 0. The van der Waals surface area contributed by atoms with E-state index in [1.807, 2.05) is 0 Å². The van der Waals surface area contributed by atoms with Gasteiger partial charge in [0, 0.05) is 0 Å². The first-order chi connectivity index (χ1) is 8.59. The third kappa shape index (κ3) is 5.52. The highest BCUT2D eigenvalue weighted by molar-refractivity contribution is 7.85. The zero-order valence-electron chi connectivity index (χ0n) is 9.90. The summed E-state index contributed by atoms with van der Waals surface area (Å²) in [5.74, 6) is -0.432. The molecule has 0 aliphatic rings. The molecule has 2 radical (unpaired) electrons. The summed E-state index contributed by atoms with van der Waals surface area (Å²) in [5.41, 5.74) is -1.07. The number of benzene rings is 1. The lowest BCUT2D eigenvalue weighted by Gasteiger charge is -2.14. The largest absolute Gasteiger partial charge is 0.491 e. The Morgan fingerprint density at radius 3 is 2.42 bits per heavy atom. The predicted molar refractivity (Wildman–Crippen MR) is 63.1 cm³/mol. The molecule has 1 rings (SSSR count). The molecule has 0 spiro atoms. The fourth-order valence-corrected chi connectivity index (χ4v) is 1.60. The highest BCUT2D eigenvalue weighted by atomic mass is 32.2. The maximum atomic E-state index is 12.7. The van der Waals surface area contributed by atoms with E-state index < -0.39 is 27.6 Å². The van der Waals surface area contributed by atoms with Crippen molar-refractivity contribution in [3.8, 4) is 5.75 Å². The fraction of sp³-hybridized carbons (Fsp3) is 0.400. The van der Waals surface area contributed by atoms with Crippen LogP contribution in [0.2, 0.25) is 0 Å². The Bertz CT molecular complexity index is 542. The first-order valence-corrected chi connectivity index (χ1v) is 6.85. The van der Waals surface area contributed by atoms with Crippen molar-refractivity contribution in [2.24, 2.45) is 0 Å². The van der Waals surface area contributed by atoms with E-state index in [1.54, 1.807) is 0 Å². The van der Waals surface area contributed by atoms with Gasteiger partial charge in [-0.25, -0.2) is 0 Å². The highest BCUT2D eigenvalue weighted by Gasteiger charge is 2.34. The zero-order chi connectivity index (χ0) is 14.7. The molecule has 1 aromatic carbocycles. The lowest BCUT2D eigenvalue weighted by molar-refractivity contribution is -0.138. The molecular weight excluding hydrogens is 284 g/mol. The molecule has 0 fully saturated rings. The quantitative estimate of drug-likeness (QED) is 0.459. The minimum absolute atomic E-state index is 0.0490. The van der Waals surface area contributed by atoms with Crippen LogP contribution in [0.25, 0.3) is 0 Å². The van der Waals surface area contributed by atoms with Crippen molar-refractivity contribution in [1.29, 1.82) is 0 Å². The van der Waals surface area contributed by atoms with Crippen LogP contribution >= 0.6 is 0 Å². The van der Waals surface area contributed by atoms with E-state index in [-0.39, 0.29) is 18.7 Å². The van der Waals surface area contributed by atoms with E-state index in [1.165, 1.54) is 6.07 Å². The van der Waals surface area contributed by atoms with Gasteiger partial charge in [0.05, 0.1) is 11.8 Å². The summed E-state index contributed by atoms with van der Waals surface area (Å²) < 4.78 is 68.5. The number of hydrogen-bond acceptors (Lipinski definition) is 4. The van der Waals surface area contributed by atoms with Crippen LogP contribution in [0.1, 0.15) is 5.56 Å². The van der Waals surface area contributed by atoms with Crippen LogP contribution in [0.5, 0.6) is 5.75 Å². The maximum absolute atomic E-state index is 12.7. The number of hydrogen-bond donors (Lipinski definition) is 0. The van der Waals surface area contributed by atoms with Gasteiger partial charge in [-0.3, -0.25) is 4.18 Å². The Labute approximate surface area is 110 Å². The lowest BCUT2D eigenvalue weighted by Crippen LogP contribution is -2.16. The first-order valence-electron chi connectivity index (χ1n) is 5.03.